The van der Waals surface area contributed by atoms with Gasteiger partial charge in [-0.05, 0) is 41.5 Å². The summed E-state index contributed by atoms with van der Waals surface area (Å²) in [5, 5.41) is 7.25. The van der Waals surface area contributed by atoms with Gasteiger partial charge in [-0.3, -0.25) is 4.79 Å². The van der Waals surface area contributed by atoms with E-state index in [9.17, 15) is 4.79 Å². The van der Waals surface area contributed by atoms with Gasteiger partial charge >= 0.3 is 0 Å². The minimum Gasteiger partial charge on any atom is -0.356 e. The zero-order valence-corrected chi connectivity index (χ0v) is 19.2. The molecule has 0 aliphatic heterocycles. The monoisotopic (exact) mass is 449 g/mol. The molecule has 34 heavy (non-hydrogen) atoms. The number of aromatic nitrogens is 2. The number of amides is 1. The summed E-state index contributed by atoms with van der Waals surface area (Å²) in [6.07, 6.45) is 1.85. The highest BCUT2D eigenvalue weighted by Crippen LogP contribution is 2.55. The maximum absolute atomic E-state index is 12.7. The molecule has 3 aromatic carbocycles. The molecule has 0 saturated carbocycles. The van der Waals surface area contributed by atoms with Gasteiger partial charge in [0.1, 0.15) is 0 Å². The quantitative estimate of drug-likeness (QED) is 0.428. The number of fused-ring (bicyclic) bond motifs is 1. The van der Waals surface area contributed by atoms with Crippen LogP contribution < -0.4 is 5.32 Å². The molecule has 170 valence electrons. The molecule has 3 aliphatic carbocycles. The third-order valence-electron chi connectivity index (χ3n) is 7.33. The van der Waals surface area contributed by atoms with E-state index in [2.05, 4.69) is 64.0 Å². The Hall–Kier alpha value is -3.73. The number of benzene rings is 3. The first-order chi connectivity index (χ1) is 16.7. The average Bonchev–Trinajstić information content (AvgIpc) is 3.36. The van der Waals surface area contributed by atoms with Gasteiger partial charge in [0.25, 0.3) is 0 Å². The summed E-state index contributed by atoms with van der Waals surface area (Å²) >= 11 is 0. The molecule has 4 aromatic rings. The van der Waals surface area contributed by atoms with Crippen LogP contribution in [0.4, 0.5) is 0 Å². The Morgan fingerprint density at radius 3 is 2.26 bits per heavy atom. The number of aryl methyl sites for hydroxylation is 2. The SMILES string of the molecule is Cc1ccc(-c2noc(CCC(=O)NCC3CC4c5ccccc5C3c3ccccc34)n2)cc1. The third-order valence-corrected chi connectivity index (χ3v) is 7.33. The summed E-state index contributed by atoms with van der Waals surface area (Å²) in [6, 6.07) is 25.6. The van der Waals surface area contributed by atoms with Crippen LogP contribution in [0.5, 0.6) is 0 Å². The summed E-state index contributed by atoms with van der Waals surface area (Å²) < 4.78 is 5.37. The second-order valence-electron chi connectivity index (χ2n) is 9.47. The Balaban J connectivity index is 1.09. The highest BCUT2D eigenvalue weighted by molar-refractivity contribution is 5.76. The first-order valence-corrected chi connectivity index (χ1v) is 12.0. The molecule has 3 aliphatic rings. The van der Waals surface area contributed by atoms with E-state index >= 15 is 0 Å². The summed E-state index contributed by atoms with van der Waals surface area (Å²) in [6.45, 7) is 2.72. The molecular weight excluding hydrogens is 422 g/mol. The smallest absolute Gasteiger partial charge is 0.227 e. The lowest BCUT2D eigenvalue weighted by atomic mass is 9.59. The normalized spacial score (nSPS) is 20.0. The standard InChI is InChI=1S/C29H27N3O2/c1-18-10-12-19(13-11-18)29-31-27(34-32-29)15-14-26(33)30-17-20-16-25-21-6-2-4-8-23(21)28(20)24-9-5-3-7-22(24)25/h2-13,20,25,28H,14-17H2,1H3,(H,30,33). The molecule has 5 nitrogen and oxygen atoms in total. The number of nitrogens with zero attached hydrogens (tertiary/aromatic N) is 2. The molecule has 5 heteroatoms. The largest absolute Gasteiger partial charge is 0.356 e. The van der Waals surface area contributed by atoms with Crippen LogP contribution >= 0.6 is 0 Å². The Kier molecular flexibility index (Phi) is 5.25. The van der Waals surface area contributed by atoms with Crippen LogP contribution in [0.2, 0.25) is 0 Å². The van der Waals surface area contributed by atoms with E-state index in [-0.39, 0.29) is 5.91 Å². The predicted octanol–water partition coefficient (Wildman–Crippen LogP) is 5.39. The average molecular weight is 450 g/mol. The molecule has 0 radical (unpaired) electrons. The van der Waals surface area contributed by atoms with Crippen molar-refractivity contribution in [3.05, 3.63) is 107 Å². The van der Waals surface area contributed by atoms with Gasteiger partial charge < -0.3 is 9.84 Å². The summed E-state index contributed by atoms with van der Waals surface area (Å²) in [4.78, 5) is 17.1. The summed E-state index contributed by atoms with van der Waals surface area (Å²) in [5.41, 5.74) is 7.85. The van der Waals surface area contributed by atoms with Crippen molar-refractivity contribution in [2.45, 2.75) is 38.0 Å². The number of hydrogen-bond donors (Lipinski definition) is 1. The first-order valence-electron chi connectivity index (χ1n) is 12.0. The highest BCUT2D eigenvalue weighted by atomic mass is 16.5. The van der Waals surface area contributed by atoms with E-state index in [1.165, 1.54) is 27.8 Å². The van der Waals surface area contributed by atoms with Gasteiger partial charge in [0.15, 0.2) is 0 Å². The fourth-order valence-corrected chi connectivity index (χ4v) is 5.69. The molecule has 1 atom stereocenters. The minimum atomic E-state index is 0.0260. The molecule has 2 bridgehead atoms. The number of rotatable bonds is 6. The maximum Gasteiger partial charge on any atom is 0.227 e. The van der Waals surface area contributed by atoms with Crippen molar-refractivity contribution < 1.29 is 9.32 Å². The van der Waals surface area contributed by atoms with Crippen molar-refractivity contribution in [3.8, 4) is 11.4 Å². The first kappa shape index (κ1) is 20.8. The van der Waals surface area contributed by atoms with Crippen molar-refractivity contribution >= 4 is 5.91 Å². The lowest BCUT2D eigenvalue weighted by Gasteiger charge is -2.45. The molecule has 1 amide bonds. The zero-order chi connectivity index (χ0) is 23.1. The lowest BCUT2D eigenvalue weighted by Crippen LogP contribution is -2.39. The Bertz CT molecular complexity index is 1290. The Labute approximate surface area is 199 Å². The molecule has 1 N–H and O–H groups in total. The van der Waals surface area contributed by atoms with Gasteiger partial charge in [0.2, 0.25) is 17.6 Å². The molecule has 7 rings (SSSR count). The predicted molar refractivity (Wildman–Crippen MR) is 130 cm³/mol. The van der Waals surface area contributed by atoms with Gasteiger partial charge in [0, 0.05) is 36.8 Å². The zero-order valence-electron chi connectivity index (χ0n) is 19.2. The number of hydrogen-bond acceptors (Lipinski definition) is 4. The van der Waals surface area contributed by atoms with E-state index in [0.29, 0.717) is 48.9 Å². The fourth-order valence-electron chi connectivity index (χ4n) is 5.69. The topological polar surface area (TPSA) is 68.0 Å². The van der Waals surface area contributed by atoms with E-state index in [1.807, 2.05) is 31.2 Å². The number of carbonyl (C=O) groups is 1. The number of nitrogens with one attached hydrogen (secondary N) is 1. The second-order valence-corrected chi connectivity index (χ2v) is 9.47. The van der Waals surface area contributed by atoms with Crippen LogP contribution in [-0.2, 0) is 11.2 Å². The highest BCUT2D eigenvalue weighted by Gasteiger charge is 2.42. The van der Waals surface area contributed by atoms with Crippen molar-refractivity contribution in [1.82, 2.24) is 15.5 Å². The Morgan fingerprint density at radius 1 is 0.941 bits per heavy atom. The fraction of sp³-hybridized carbons (Fsp3) is 0.276. The van der Waals surface area contributed by atoms with E-state index in [0.717, 1.165) is 12.0 Å². The van der Waals surface area contributed by atoms with Gasteiger partial charge in [-0.15, -0.1) is 0 Å². The molecule has 1 heterocycles. The van der Waals surface area contributed by atoms with E-state index < -0.39 is 0 Å². The third kappa shape index (κ3) is 3.71. The molecular formula is C29H27N3O2. The van der Waals surface area contributed by atoms with Crippen molar-refractivity contribution in [2.24, 2.45) is 5.92 Å². The van der Waals surface area contributed by atoms with Gasteiger partial charge in [0.05, 0.1) is 0 Å². The molecule has 0 fully saturated rings. The van der Waals surface area contributed by atoms with Gasteiger partial charge in [-0.2, -0.15) is 4.98 Å². The van der Waals surface area contributed by atoms with Crippen LogP contribution in [0, 0.1) is 12.8 Å². The molecule has 1 unspecified atom stereocenters. The van der Waals surface area contributed by atoms with Crippen LogP contribution in [0.25, 0.3) is 11.4 Å². The van der Waals surface area contributed by atoms with Crippen molar-refractivity contribution in [1.29, 1.82) is 0 Å². The maximum atomic E-state index is 12.7. The molecule has 0 spiro atoms. The second kappa shape index (κ2) is 8.56. The van der Waals surface area contributed by atoms with Crippen LogP contribution in [0.1, 0.15) is 58.4 Å². The van der Waals surface area contributed by atoms with E-state index in [4.69, 9.17) is 4.52 Å². The lowest BCUT2D eigenvalue weighted by molar-refractivity contribution is -0.121. The van der Waals surface area contributed by atoms with E-state index in [1.54, 1.807) is 0 Å². The number of carbonyl (C=O) groups excluding carboxylic acids is 1. The van der Waals surface area contributed by atoms with Crippen LogP contribution in [0.15, 0.2) is 77.3 Å². The van der Waals surface area contributed by atoms with Crippen LogP contribution in [-0.4, -0.2) is 22.6 Å². The summed E-state index contributed by atoms with van der Waals surface area (Å²) in [5.74, 6) is 2.23. The van der Waals surface area contributed by atoms with Crippen LogP contribution in [0.3, 0.4) is 0 Å². The van der Waals surface area contributed by atoms with Gasteiger partial charge in [-0.25, -0.2) is 0 Å². The van der Waals surface area contributed by atoms with Crippen molar-refractivity contribution in [3.63, 3.8) is 0 Å². The van der Waals surface area contributed by atoms with Gasteiger partial charge in [-0.1, -0.05) is 83.5 Å². The molecule has 0 saturated heterocycles. The minimum absolute atomic E-state index is 0.0260. The summed E-state index contributed by atoms with van der Waals surface area (Å²) in [7, 11) is 0. The molecule has 1 aromatic heterocycles. The van der Waals surface area contributed by atoms with Crippen molar-refractivity contribution in [2.75, 3.05) is 6.54 Å². The Morgan fingerprint density at radius 2 is 1.59 bits per heavy atom.